The van der Waals surface area contributed by atoms with E-state index in [-0.39, 0.29) is 36.1 Å². The molecule has 21 heavy (non-hydrogen) atoms. The lowest BCUT2D eigenvalue weighted by atomic mass is 10.4. The van der Waals surface area contributed by atoms with Gasteiger partial charge in [0.1, 0.15) is 0 Å². The molecule has 0 amide bonds. The maximum Gasteiger partial charge on any atom is 0.243 e. The Kier molecular flexibility index (Phi) is 6.25. The number of methoxy groups -OCH3 is 1. The number of sulfonamides is 2. The number of hydrogen-bond acceptors (Lipinski definition) is 6. The standard InChI is InChI=1S/C11H18N2O6S2/c1-19-8-6-13(5-7-14)21(17,18)11-4-2-3-10(9-11)20(12,15)16/h2-4,9,14H,5-8H2,1H3,(H2,12,15,16). The minimum atomic E-state index is -4.00. The maximum atomic E-state index is 12.4. The van der Waals surface area contributed by atoms with Gasteiger partial charge < -0.3 is 9.84 Å². The molecule has 0 saturated carbocycles. The summed E-state index contributed by atoms with van der Waals surface area (Å²) in [7, 11) is -6.52. The summed E-state index contributed by atoms with van der Waals surface area (Å²) in [6, 6.07) is 4.75. The van der Waals surface area contributed by atoms with Gasteiger partial charge >= 0.3 is 0 Å². The van der Waals surface area contributed by atoms with E-state index in [1.807, 2.05) is 0 Å². The van der Waals surface area contributed by atoms with Crippen LogP contribution in [0.3, 0.4) is 0 Å². The molecule has 0 radical (unpaired) electrons. The van der Waals surface area contributed by atoms with Crippen molar-refractivity contribution in [1.29, 1.82) is 0 Å². The van der Waals surface area contributed by atoms with E-state index in [1.54, 1.807) is 0 Å². The monoisotopic (exact) mass is 338 g/mol. The van der Waals surface area contributed by atoms with Crippen LogP contribution in [0.25, 0.3) is 0 Å². The summed E-state index contributed by atoms with van der Waals surface area (Å²) in [5.74, 6) is 0. The number of primary sulfonamides is 1. The largest absolute Gasteiger partial charge is 0.395 e. The molecule has 8 nitrogen and oxygen atoms in total. The molecule has 0 unspecified atom stereocenters. The first-order chi connectivity index (χ1) is 9.73. The van der Waals surface area contributed by atoms with Crippen molar-refractivity contribution in [2.75, 3.05) is 33.4 Å². The van der Waals surface area contributed by atoms with Gasteiger partial charge in [-0.15, -0.1) is 0 Å². The number of nitrogens with two attached hydrogens (primary N) is 1. The highest BCUT2D eigenvalue weighted by molar-refractivity contribution is 7.90. The zero-order valence-corrected chi connectivity index (χ0v) is 13.1. The van der Waals surface area contributed by atoms with Crippen LogP contribution in [0.1, 0.15) is 0 Å². The fraction of sp³-hybridized carbons (Fsp3) is 0.455. The highest BCUT2D eigenvalue weighted by atomic mass is 32.2. The van der Waals surface area contributed by atoms with Crippen LogP contribution in [-0.2, 0) is 24.8 Å². The van der Waals surface area contributed by atoms with Gasteiger partial charge in [0, 0.05) is 20.2 Å². The molecule has 10 heteroatoms. The van der Waals surface area contributed by atoms with Gasteiger partial charge in [-0.1, -0.05) is 6.07 Å². The number of aliphatic hydroxyl groups excluding tert-OH is 1. The van der Waals surface area contributed by atoms with Crippen LogP contribution in [0.15, 0.2) is 34.1 Å². The lowest BCUT2D eigenvalue weighted by Gasteiger charge is -2.21. The molecule has 0 fully saturated rings. The minimum absolute atomic E-state index is 0.0407. The van der Waals surface area contributed by atoms with Gasteiger partial charge in [0.2, 0.25) is 20.0 Å². The first-order valence-electron chi connectivity index (χ1n) is 5.96. The average molecular weight is 338 g/mol. The minimum Gasteiger partial charge on any atom is -0.395 e. The molecule has 0 aliphatic carbocycles. The predicted molar refractivity (Wildman–Crippen MR) is 75.5 cm³/mol. The van der Waals surface area contributed by atoms with Gasteiger partial charge in [0.15, 0.2) is 0 Å². The van der Waals surface area contributed by atoms with Crippen LogP contribution in [0.5, 0.6) is 0 Å². The fourth-order valence-electron chi connectivity index (χ4n) is 1.62. The highest BCUT2D eigenvalue weighted by Crippen LogP contribution is 2.18. The number of hydrogen-bond donors (Lipinski definition) is 2. The lowest BCUT2D eigenvalue weighted by molar-refractivity contribution is 0.168. The summed E-state index contributed by atoms with van der Waals surface area (Å²) >= 11 is 0. The van der Waals surface area contributed by atoms with Crippen molar-refractivity contribution in [1.82, 2.24) is 4.31 Å². The third kappa shape index (κ3) is 4.73. The topological polar surface area (TPSA) is 127 Å². The third-order valence-electron chi connectivity index (χ3n) is 2.67. The van der Waals surface area contributed by atoms with Crippen LogP contribution in [-0.4, -0.2) is 59.7 Å². The molecule has 1 aromatic carbocycles. The van der Waals surface area contributed by atoms with Crippen LogP contribution in [0.4, 0.5) is 0 Å². The SMILES string of the molecule is COCCN(CCO)S(=O)(=O)c1cccc(S(N)(=O)=O)c1. The van der Waals surface area contributed by atoms with Crippen molar-refractivity contribution in [3.05, 3.63) is 24.3 Å². The van der Waals surface area contributed by atoms with E-state index in [0.717, 1.165) is 10.4 Å². The third-order valence-corrected chi connectivity index (χ3v) is 5.47. The molecule has 0 saturated heterocycles. The Morgan fingerprint density at radius 3 is 2.33 bits per heavy atom. The molecule has 1 rings (SSSR count). The summed E-state index contributed by atoms with van der Waals surface area (Å²) in [6.45, 7) is -0.295. The van der Waals surface area contributed by atoms with E-state index in [4.69, 9.17) is 15.0 Å². The molecular weight excluding hydrogens is 320 g/mol. The number of aliphatic hydroxyl groups is 1. The second-order valence-corrected chi connectivity index (χ2v) is 7.64. The fourth-order valence-corrected chi connectivity index (χ4v) is 3.71. The van der Waals surface area contributed by atoms with Crippen molar-refractivity contribution >= 4 is 20.0 Å². The molecule has 120 valence electrons. The average Bonchev–Trinajstić information content (AvgIpc) is 2.42. The second kappa shape index (κ2) is 7.29. The molecule has 0 bridgehead atoms. The van der Waals surface area contributed by atoms with Gasteiger partial charge in [0.05, 0.1) is 23.0 Å². The number of nitrogens with zero attached hydrogens (tertiary/aromatic N) is 1. The molecular formula is C11H18N2O6S2. The molecule has 0 atom stereocenters. The van der Waals surface area contributed by atoms with E-state index in [0.29, 0.717) is 0 Å². The Morgan fingerprint density at radius 2 is 1.81 bits per heavy atom. The molecule has 0 aromatic heterocycles. The Balaban J connectivity index is 3.21. The lowest BCUT2D eigenvalue weighted by Crippen LogP contribution is -2.36. The number of benzene rings is 1. The van der Waals surface area contributed by atoms with Gasteiger partial charge in [-0.2, -0.15) is 4.31 Å². The predicted octanol–water partition coefficient (Wildman–Crippen LogP) is -1.04. The normalized spacial score (nSPS) is 12.8. The molecule has 1 aromatic rings. The van der Waals surface area contributed by atoms with E-state index in [2.05, 4.69) is 0 Å². The zero-order chi connectivity index (χ0) is 16.1. The van der Waals surface area contributed by atoms with E-state index in [1.165, 1.54) is 25.3 Å². The molecule has 0 heterocycles. The van der Waals surface area contributed by atoms with Crippen molar-refractivity contribution < 1.29 is 26.7 Å². The highest BCUT2D eigenvalue weighted by Gasteiger charge is 2.25. The number of rotatable bonds is 8. The second-order valence-electron chi connectivity index (χ2n) is 4.14. The van der Waals surface area contributed by atoms with E-state index in [9.17, 15) is 16.8 Å². The van der Waals surface area contributed by atoms with Gasteiger partial charge in [-0.05, 0) is 18.2 Å². The maximum absolute atomic E-state index is 12.4. The summed E-state index contributed by atoms with van der Waals surface area (Å²) < 4.78 is 53.3. The van der Waals surface area contributed by atoms with Crippen molar-refractivity contribution in [3.8, 4) is 0 Å². The Labute approximate surface area is 124 Å². The van der Waals surface area contributed by atoms with Gasteiger partial charge in [-0.25, -0.2) is 22.0 Å². The Morgan fingerprint density at radius 1 is 1.19 bits per heavy atom. The van der Waals surface area contributed by atoms with E-state index < -0.39 is 20.0 Å². The van der Waals surface area contributed by atoms with Gasteiger partial charge in [-0.3, -0.25) is 0 Å². The quantitative estimate of drug-likeness (QED) is 0.623. The first kappa shape index (κ1) is 18.0. The number of ether oxygens (including phenoxy) is 1. The zero-order valence-electron chi connectivity index (χ0n) is 11.5. The summed E-state index contributed by atoms with van der Waals surface area (Å²) in [6.07, 6.45) is 0. The molecule has 3 N–H and O–H groups in total. The smallest absolute Gasteiger partial charge is 0.243 e. The van der Waals surface area contributed by atoms with Crippen molar-refractivity contribution in [3.63, 3.8) is 0 Å². The Hall–Kier alpha value is -1.04. The van der Waals surface area contributed by atoms with Crippen LogP contribution in [0.2, 0.25) is 0 Å². The Bertz CT molecular complexity index is 672. The first-order valence-corrected chi connectivity index (χ1v) is 8.95. The van der Waals surface area contributed by atoms with Crippen LogP contribution >= 0.6 is 0 Å². The molecule has 0 aliphatic rings. The summed E-state index contributed by atoms with van der Waals surface area (Å²) in [5, 5.41) is 14.0. The van der Waals surface area contributed by atoms with E-state index >= 15 is 0 Å². The molecule has 0 spiro atoms. The van der Waals surface area contributed by atoms with Gasteiger partial charge in [0.25, 0.3) is 0 Å². The van der Waals surface area contributed by atoms with Crippen molar-refractivity contribution in [2.24, 2.45) is 5.14 Å². The van der Waals surface area contributed by atoms with Crippen LogP contribution in [0, 0.1) is 0 Å². The van der Waals surface area contributed by atoms with Crippen LogP contribution < -0.4 is 5.14 Å². The van der Waals surface area contributed by atoms with Crippen molar-refractivity contribution in [2.45, 2.75) is 9.79 Å². The summed E-state index contributed by atoms with van der Waals surface area (Å²) in [5.41, 5.74) is 0. The molecule has 0 aliphatic heterocycles. The summed E-state index contributed by atoms with van der Waals surface area (Å²) in [4.78, 5) is -0.502.